The van der Waals surface area contributed by atoms with Crippen LogP contribution in [-0.4, -0.2) is 30.2 Å². The summed E-state index contributed by atoms with van der Waals surface area (Å²) in [6.45, 7) is 9.72. The molecule has 21 heavy (non-hydrogen) atoms. The lowest BCUT2D eigenvalue weighted by molar-refractivity contribution is 0.198. The molecule has 0 spiro atoms. The van der Waals surface area contributed by atoms with E-state index in [-0.39, 0.29) is 0 Å². The van der Waals surface area contributed by atoms with Crippen molar-refractivity contribution in [1.82, 2.24) is 4.90 Å². The zero-order chi connectivity index (χ0) is 15.5. The van der Waals surface area contributed by atoms with Gasteiger partial charge in [0.2, 0.25) is 0 Å². The van der Waals surface area contributed by atoms with Crippen LogP contribution in [0.4, 0.5) is 0 Å². The van der Waals surface area contributed by atoms with E-state index in [9.17, 15) is 5.11 Å². The second-order valence-electron chi connectivity index (χ2n) is 7.04. The predicted molar refractivity (Wildman–Crippen MR) is 86.5 cm³/mol. The van der Waals surface area contributed by atoms with Crippen LogP contribution in [-0.2, 0) is 6.54 Å². The van der Waals surface area contributed by atoms with Crippen LogP contribution < -0.4 is 4.74 Å². The molecule has 1 atom stereocenters. The normalized spacial score (nSPS) is 20.8. The maximum Gasteiger partial charge on any atom is 0.123 e. The molecule has 118 valence electrons. The Morgan fingerprint density at radius 1 is 1.29 bits per heavy atom. The zero-order valence-corrected chi connectivity index (χ0v) is 13.9. The highest BCUT2D eigenvalue weighted by Crippen LogP contribution is 2.31. The van der Waals surface area contributed by atoms with Crippen molar-refractivity contribution in [2.24, 2.45) is 5.41 Å². The van der Waals surface area contributed by atoms with Gasteiger partial charge in [-0.15, -0.1) is 0 Å². The molecule has 3 heteroatoms. The monoisotopic (exact) mass is 291 g/mol. The molecule has 1 saturated heterocycles. The fourth-order valence-electron chi connectivity index (χ4n) is 3.06. The number of nitrogens with zero attached hydrogens (tertiary/aromatic N) is 1. The lowest BCUT2D eigenvalue weighted by atomic mass is 9.85. The van der Waals surface area contributed by atoms with Crippen LogP contribution in [0.5, 0.6) is 5.75 Å². The van der Waals surface area contributed by atoms with Crippen molar-refractivity contribution in [2.45, 2.75) is 52.7 Å². The summed E-state index contributed by atoms with van der Waals surface area (Å²) in [6.07, 6.45) is 3.36. The molecule has 1 heterocycles. The standard InChI is InChI=1S/C18H29NO2/c1-14(20)15-6-7-17(21-4)16(12-15)13-19-10-5-8-18(2,3)9-11-19/h6-7,12,14,20H,5,8-11,13H2,1-4H3. The van der Waals surface area contributed by atoms with Crippen LogP contribution >= 0.6 is 0 Å². The van der Waals surface area contributed by atoms with E-state index in [4.69, 9.17) is 4.74 Å². The van der Waals surface area contributed by atoms with Crippen LogP contribution in [0.25, 0.3) is 0 Å². The maximum atomic E-state index is 9.78. The van der Waals surface area contributed by atoms with Crippen molar-refractivity contribution in [2.75, 3.05) is 20.2 Å². The lowest BCUT2D eigenvalue weighted by Gasteiger charge is -2.24. The summed E-state index contributed by atoms with van der Waals surface area (Å²) >= 11 is 0. The fraction of sp³-hybridized carbons (Fsp3) is 0.667. The van der Waals surface area contributed by atoms with Crippen molar-refractivity contribution in [3.63, 3.8) is 0 Å². The first-order valence-corrected chi connectivity index (χ1v) is 7.98. The Balaban J connectivity index is 2.12. The minimum Gasteiger partial charge on any atom is -0.496 e. The van der Waals surface area contributed by atoms with Crippen LogP contribution in [0.2, 0.25) is 0 Å². The number of ether oxygens (including phenoxy) is 1. The molecule has 0 radical (unpaired) electrons. The number of hydrogen-bond acceptors (Lipinski definition) is 3. The van der Waals surface area contributed by atoms with Gasteiger partial charge < -0.3 is 9.84 Å². The molecule has 0 saturated carbocycles. The molecule has 1 fully saturated rings. The highest BCUT2D eigenvalue weighted by molar-refractivity contribution is 5.38. The molecular formula is C18H29NO2. The van der Waals surface area contributed by atoms with Gasteiger partial charge >= 0.3 is 0 Å². The van der Waals surface area contributed by atoms with Gasteiger partial charge in [0, 0.05) is 12.1 Å². The largest absolute Gasteiger partial charge is 0.496 e. The van der Waals surface area contributed by atoms with E-state index in [0.717, 1.165) is 30.9 Å². The van der Waals surface area contributed by atoms with E-state index in [1.807, 2.05) is 12.1 Å². The van der Waals surface area contributed by atoms with Crippen LogP contribution in [0.3, 0.4) is 0 Å². The van der Waals surface area contributed by atoms with Crippen molar-refractivity contribution in [1.29, 1.82) is 0 Å². The van der Waals surface area contributed by atoms with Crippen molar-refractivity contribution in [3.05, 3.63) is 29.3 Å². The molecule has 1 aromatic carbocycles. The molecule has 0 amide bonds. The van der Waals surface area contributed by atoms with Gasteiger partial charge in [0.1, 0.15) is 5.75 Å². The first-order chi connectivity index (χ1) is 9.91. The Bertz CT molecular complexity index is 468. The highest BCUT2D eigenvalue weighted by Gasteiger charge is 2.23. The smallest absolute Gasteiger partial charge is 0.123 e. The maximum absolute atomic E-state index is 9.78. The summed E-state index contributed by atoms with van der Waals surface area (Å²) < 4.78 is 5.49. The molecule has 1 unspecified atom stereocenters. The van der Waals surface area contributed by atoms with Gasteiger partial charge in [-0.1, -0.05) is 19.9 Å². The topological polar surface area (TPSA) is 32.7 Å². The molecule has 0 aromatic heterocycles. The van der Waals surface area contributed by atoms with E-state index in [1.54, 1.807) is 14.0 Å². The summed E-state index contributed by atoms with van der Waals surface area (Å²) in [7, 11) is 1.71. The van der Waals surface area contributed by atoms with E-state index >= 15 is 0 Å². The summed E-state index contributed by atoms with van der Waals surface area (Å²) in [5, 5.41) is 9.78. The quantitative estimate of drug-likeness (QED) is 0.917. The number of rotatable bonds is 4. The van der Waals surface area contributed by atoms with E-state index < -0.39 is 6.10 Å². The van der Waals surface area contributed by atoms with Crippen molar-refractivity contribution >= 4 is 0 Å². The number of hydrogen-bond donors (Lipinski definition) is 1. The van der Waals surface area contributed by atoms with Crippen LogP contribution in [0.1, 0.15) is 57.3 Å². The van der Waals surface area contributed by atoms with Crippen molar-refractivity contribution in [3.8, 4) is 5.75 Å². The van der Waals surface area contributed by atoms with Gasteiger partial charge in [0.25, 0.3) is 0 Å². The lowest BCUT2D eigenvalue weighted by Crippen LogP contribution is -2.25. The van der Waals surface area contributed by atoms with Gasteiger partial charge in [-0.3, -0.25) is 4.90 Å². The molecule has 3 nitrogen and oxygen atoms in total. The average molecular weight is 291 g/mol. The first kappa shape index (κ1) is 16.3. The molecule has 1 aliphatic rings. The Hall–Kier alpha value is -1.06. The number of aliphatic hydroxyl groups is 1. The molecule has 0 aliphatic carbocycles. The number of benzene rings is 1. The average Bonchev–Trinajstić information content (AvgIpc) is 2.60. The minimum atomic E-state index is -0.433. The van der Waals surface area contributed by atoms with Crippen LogP contribution in [0, 0.1) is 5.41 Å². The minimum absolute atomic E-state index is 0.433. The summed E-state index contributed by atoms with van der Waals surface area (Å²) in [6, 6.07) is 6.00. The Kier molecular flexibility index (Phi) is 5.28. The third-order valence-electron chi connectivity index (χ3n) is 4.61. The number of methoxy groups -OCH3 is 1. The summed E-state index contributed by atoms with van der Waals surface area (Å²) in [5.74, 6) is 0.919. The van der Waals surface area contributed by atoms with E-state index in [1.165, 1.54) is 24.8 Å². The van der Waals surface area contributed by atoms with E-state index in [2.05, 4.69) is 24.8 Å². The zero-order valence-electron chi connectivity index (χ0n) is 13.9. The van der Waals surface area contributed by atoms with Crippen LogP contribution in [0.15, 0.2) is 18.2 Å². The third kappa shape index (κ3) is 4.45. The number of aliphatic hydroxyl groups excluding tert-OH is 1. The molecular weight excluding hydrogens is 262 g/mol. The molecule has 0 bridgehead atoms. The van der Waals surface area contributed by atoms with E-state index in [0.29, 0.717) is 5.41 Å². The molecule has 1 aliphatic heterocycles. The van der Waals surface area contributed by atoms with Gasteiger partial charge in [-0.2, -0.15) is 0 Å². The first-order valence-electron chi connectivity index (χ1n) is 7.98. The summed E-state index contributed by atoms with van der Waals surface area (Å²) in [5.41, 5.74) is 2.59. The molecule has 2 rings (SSSR count). The third-order valence-corrected chi connectivity index (χ3v) is 4.61. The SMILES string of the molecule is COc1ccc(C(C)O)cc1CN1CCCC(C)(C)CC1. The van der Waals surface area contributed by atoms with Gasteiger partial charge in [0.05, 0.1) is 13.2 Å². The van der Waals surface area contributed by atoms with Gasteiger partial charge in [0.15, 0.2) is 0 Å². The Morgan fingerprint density at radius 3 is 2.71 bits per heavy atom. The molecule has 1 N–H and O–H groups in total. The fourth-order valence-corrected chi connectivity index (χ4v) is 3.06. The van der Waals surface area contributed by atoms with Crippen molar-refractivity contribution < 1.29 is 9.84 Å². The predicted octanol–water partition coefficient (Wildman–Crippen LogP) is 3.76. The highest BCUT2D eigenvalue weighted by atomic mass is 16.5. The summed E-state index contributed by atoms with van der Waals surface area (Å²) in [4.78, 5) is 2.51. The second-order valence-corrected chi connectivity index (χ2v) is 7.04. The Morgan fingerprint density at radius 2 is 2.05 bits per heavy atom. The Labute approximate surface area is 128 Å². The van der Waals surface area contributed by atoms with Gasteiger partial charge in [-0.05, 0) is 62.4 Å². The molecule has 1 aromatic rings. The number of likely N-dealkylation sites (tertiary alicyclic amines) is 1. The second kappa shape index (κ2) is 6.80. The van der Waals surface area contributed by atoms with Gasteiger partial charge in [-0.25, -0.2) is 0 Å².